The molecule has 0 fully saturated rings. The molecule has 1 aromatic carbocycles. The Labute approximate surface area is 93.4 Å². The first-order valence-corrected chi connectivity index (χ1v) is 6.74. The van der Waals surface area contributed by atoms with Gasteiger partial charge < -0.3 is 9.72 Å². The van der Waals surface area contributed by atoms with Crippen molar-refractivity contribution in [3.63, 3.8) is 0 Å². The van der Waals surface area contributed by atoms with Crippen molar-refractivity contribution in [1.82, 2.24) is 9.97 Å². The molecule has 1 N–H and O–H groups in total. The summed E-state index contributed by atoms with van der Waals surface area (Å²) >= 11 is 0. The average molecular weight is 240 g/mol. The molecule has 2 aromatic rings. The van der Waals surface area contributed by atoms with Crippen LogP contribution in [0, 0.1) is 0 Å². The van der Waals surface area contributed by atoms with Crippen LogP contribution in [0.3, 0.4) is 0 Å². The molecular formula is C10H12N2O3S. The number of methoxy groups -OCH3 is 1. The zero-order valence-corrected chi connectivity index (χ0v) is 9.84. The number of nitrogens with zero attached hydrogens (tertiary/aromatic N) is 1. The number of fused-ring (bicyclic) bond motifs is 1. The third kappa shape index (κ3) is 2.33. The molecule has 0 atom stereocenters. The summed E-state index contributed by atoms with van der Waals surface area (Å²) in [6.45, 7) is 0. The summed E-state index contributed by atoms with van der Waals surface area (Å²) < 4.78 is 27.3. The molecule has 6 heteroatoms. The molecule has 0 bridgehead atoms. The van der Waals surface area contributed by atoms with Crippen LogP contribution >= 0.6 is 0 Å². The Morgan fingerprint density at radius 1 is 1.44 bits per heavy atom. The number of H-pyrrole nitrogens is 1. The van der Waals surface area contributed by atoms with E-state index in [9.17, 15) is 8.42 Å². The van der Waals surface area contributed by atoms with Gasteiger partial charge in [0.1, 0.15) is 17.3 Å². The number of hydrogen-bond acceptors (Lipinski definition) is 4. The molecule has 0 radical (unpaired) electrons. The van der Waals surface area contributed by atoms with E-state index in [2.05, 4.69) is 9.97 Å². The normalized spacial score (nSPS) is 11.9. The summed E-state index contributed by atoms with van der Waals surface area (Å²) in [6.07, 6.45) is 1.18. The van der Waals surface area contributed by atoms with E-state index in [0.29, 0.717) is 11.6 Å². The minimum absolute atomic E-state index is 0.0794. The molecule has 1 aromatic heterocycles. The number of nitrogens with one attached hydrogen (secondary N) is 1. The lowest BCUT2D eigenvalue weighted by Crippen LogP contribution is -2.01. The van der Waals surface area contributed by atoms with E-state index < -0.39 is 9.84 Å². The van der Waals surface area contributed by atoms with Gasteiger partial charge in [-0.2, -0.15) is 0 Å². The molecule has 0 saturated heterocycles. The lowest BCUT2D eigenvalue weighted by atomic mass is 10.3. The van der Waals surface area contributed by atoms with Gasteiger partial charge in [-0.1, -0.05) is 0 Å². The van der Waals surface area contributed by atoms with Crippen molar-refractivity contribution in [2.45, 2.75) is 5.75 Å². The van der Waals surface area contributed by atoms with Gasteiger partial charge in [-0.15, -0.1) is 0 Å². The first-order valence-electron chi connectivity index (χ1n) is 4.68. The Morgan fingerprint density at radius 2 is 2.19 bits per heavy atom. The zero-order chi connectivity index (χ0) is 11.8. The molecule has 16 heavy (non-hydrogen) atoms. The highest BCUT2D eigenvalue weighted by molar-refractivity contribution is 7.89. The van der Waals surface area contributed by atoms with Gasteiger partial charge in [-0.3, -0.25) is 0 Å². The van der Waals surface area contributed by atoms with Crippen LogP contribution in [-0.4, -0.2) is 31.8 Å². The van der Waals surface area contributed by atoms with Crippen molar-refractivity contribution in [2.24, 2.45) is 0 Å². The van der Waals surface area contributed by atoms with Crippen LogP contribution in [0.1, 0.15) is 5.82 Å². The summed E-state index contributed by atoms with van der Waals surface area (Å²) in [5.74, 6) is 1.08. The van der Waals surface area contributed by atoms with Crippen LogP contribution in [-0.2, 0) is 15.6 Å². The van der Waals surface area contributed by atoms with E-state index in [-0.39, 0.29) is 5.75 Å². The molecule has 0 aliphatic rings. The number of benzene rings is 1. The Morgan fingerprint density at radius 3 is 2.81 bits per heavy atom. The molecule has 0 unspecified atom stereocenters. The number of rotatable bonds is 3. The fourth-order valence-electron chi connectivity index (χ4n) is 1.49. The standard InChI is InChI=1S/C10H12N2O3S/c1-15-7-3-4-8-9(5-7)12-10(11-8)6-16(2,13)14/h3-5H,6H2,1-2H3,(H,11,12). The van der Waals surface area contributed by atoms with E-state index in [4.69, 9.17) is 4.74 Å². The lowest BCUT2D eigenvalue weighted by Gasteiger charge is -1.96. The van der Waals surface area contributed by atoms with Gasteiger partial charge in [0.15, 0.2) is 9.84 Å². The molecule has 0 saturated carbocycles. The molecule has 0 aliphatic heterocycles. The van der Waals surface area contributed by atoms with E-state index in [1.807, 2.05) is 0 Å². The highest BCUT2D eigenvalue weighted by atomic mass is 32.2. The summed E-state index contributed by atoms with van der Waals surface area (Å²) in [6, 6.07) is 5.36. The molecule has 1 heterocycles. The first kappa shape index (κ1) is 10.9. The van der Waals surface area contributed by atoms with Crippen LogP contribution < -0.4 is 4.74 Å². The second-order valence-electron chi connectivity index (χ2n) is 3.64. The summed E-state index contributed by atoms with van der Waals surface area (Å²) in [5, 5.41) is 0. The Bertz CT molecular complexity index is 616. The molecule has 5 nitrogen and oxygen atoms in total. The SMILES string of the molecule is COc1ccc2nc(CS(C)(=O)=O)[nH]c2c1. The molecular weight excluding hydrogens is 228 g/mol. The van der Waals surface area contributed by atoms with Gasteiger partial charge in [0.2, 0.25) is 0 Å². The zero-order valence-electron chi connectivity index (χ0n) is 9.02. The molecule has 0 aliphatic carbocycles. The molecule has 0 spiro atoms. The number of imidazole rings is 1. The Balaban J connectivity index is 2.44. The Hall–Kier alpha value is -1.56. The molecule has 2 rings (SSSR count). The number of ether oxygens (including phenoxy) is 1. The van der Waals surface area contributed by atoms with Crippen LogP contribution in [0.4, 0.5) is 0 Å². The van der Waals surface area contributed by atoms with Gasteiger partial charge in [0, 0.05) is 12.3 Å². The number of aromatic amines is 1. The monoisotopic (exact) mass is 240 g/mol. The molecule has 0 amide bonds. The number of hydrogen-bond donors (Lipinski definition) is 1. The van der Waals surface area contributed by atoms with Gasteiger partial charge in [-0.25, -0.2) is 13.4 Å². The van der Waals surface area contributed by atoms with Crippen molar-refractivity contribution >= 4 is 20.9 Å². The predicted molar refractivity (Wildman–Crippen MR) is 61.2 cm³/mol. The number of sulfone groups is 1. The summed E-state index contributed by atoms with van der Waals surface area (Å²) in [4.78, 5) is 7.14. The minimum Gasteiger partial charge on any atom is -0.497 e. The lowest BCUT2D eigenvalue weighted by molar-refractivity contribution is 0.415. The summed E-state index contributed by atoms with van der Waals surface area (Å²) in [7, 11) is -1.49. The maximum atomic E-state index is 11.1. The van der Waals surface area contributed by atoms with Crippen molar-refractivity contribution in [1.29, 1.82) is 0 Å². The maximum Gasteiger partial charge on any atom is 0.154 e. The number of aromatic nitrogens is 2. The van der Waals surface area contributed by atoms with Gasteiger partial charge in [-0.05, 0) is 12.1 Å². The van der Waals surface area contributed by atoms with Crippen molar-refractivity contribution in [3.05, 3.63) is 24.0 Å². The van der Waals surface area contributed by atoms with Gasteiger partial charge >= 0.3 is 0 Å². The third-order valence-corrected chi connectivity index (χ3v) is 2.93. The van der Waals surface area contributed by atoms with Crippen molar-refractivity contribution in [2.75, 3.05) is 13.4 Å². The smallest absolute Gasteiger partial charge is 0.154 e. The van der Waals surface area contributed by atoms with E-state index in [1.54, 1.807) is 25.3 Å². The second-order valence-corrected chi connectivity index (χ2v) is 5.78. The van der Waals surface area contributed by atoms with Gasteiger partial charge in [0.25, 0.3) is 0 Å². The minimum atomic E-state index is -3.07. The van der Waals surface area contributed by atoms with Crippen LogP contribution in [0.15, 0.2) is 18.2 Å². The van der Waals surface area contributed by atoms with E-state index >= 15 is 0 Å². The van der Waals surface area contributed by atoms with Crippen molar-refractivity contribution < 1.29 is 13.2 Å². The predicted octanol–water partition coefficient (Wildman–Crippen LogP) is 1.12. The van der Waals surface area contributed by atoms with Crippen LogP contribution in [0.5, 0.6) is 5.75 Å². The summed E-state index contributed by atoms with van der Waals surface area (Å²) in [5.41, 5.74) is 1.51. The quantitative estimate of drug-likeness (QED) is 0.872. The molecule has 86 valence electrons. The van der Waals surface area contributed by atoms with Crippen LogP contribution in [0.25, 0.3) is 11.0 Å². The fourth-order valence-corrected chi connectivity index (χ4v) is 2.12. The van der Waals surface area contributed by atoms with E-state index in [1.165, 1.54) is 6.26 Å². The largest absolute Gasteiger partial charge is 0.497 e. The maximum absolute atomic E-state index is 11.1. The van der Waals surface area contributed by atoms with E-state index in [0.717, 1.165) is 11.0 Å². The Kier molecular flexibility index (Phi) is 2.59. The van der Waals surface area contributed by atoms with Crippen molar-refractivity contribution in [3.8, 4) is 5.75 Å². The fraction of sp³-hybridized carbons (Fsp3) is 0.300. The second kappa shape index (κ2) is 3.79. The highest BCUT2D eigenvalue weighted by Gasteiger charge is 2.09. The highest BCUT2D eigenvalue weighted by Crippen LogP contribution is 2.19. The first-order chi connectivity index (χ1) is 7.48. The topological polar surface area (TPSA) is 72.0 Å². The van der Waals surface area contributed by atoms with Crippen LogP contribution in [0.2, 0.25) is 0 Å². The third-order valence-electron chi connectivity index (χ3n) is 2.14. The average Bonchev–Trinajstić information content (AvgIpc) is 2.55. The van der Waals surface area contributed by atoms with Gasteiger partial charge in [0.05, 0.1) is 18.1 Å².